The zero-order chi connectivity index (χ0) is 16.3. The van der Waals surface area contributed by atoms with Gasteiger partial charge in [-0.3, -0.25) is 4.72 Å². The Kier molecular flexibility index (Phi) is 4.71. The minimum atomic E-state index is -3.75. The lowest BCUT2D eigenvalue weighted by Crippen LogP contribution is -2.13. The maximum atomic E-state index is 13.2. The van der Waals surface area contributed by atoms with E-state index in [9.17, 15) is 12.8 Å². The molecule has 0 aliphatic heterocycles. The number of rotatable bonds is 5. The average Bonchev–Trinajstić information content (AvgIpc) is 2.43. The Bertz CT molecular complexity index is 755. The monoisotopic (exact) mass is 323 g/mol. The highest BCUT2D eigenvalue weighted by atomic mass is 32.2. The van der Waals surface area contributed by atoms with Gasteiger partial charge in [0.2, 0.25) is 0 Å². The van der Waals surface area contributed by atoms with E-state index in [4.69, 9.17) is 4.74 Å². The molecule has 0 spiro atoms. The molecule has 0 fully saturated rings. The smallest absolute Gasteiger partial charge is 0.261 e. The average molecular weight is 323 g/mol. The van der Waals surface area contributed by atoms with Crippen LogP contribution in [-0.4, -0.2) is 14.5 Å². The molecule has 22 heavy (non-hydrogen) atoms. The predicted octanol–water partition coefficient (Wildman–Crippen LogP) is 3.72. The fourth-order valence-electron chi connectivity index (χ4n) is 1.87. The molecule has 0 aromatic heterocycles. The third-order valence-corrected chi connectivity index (χ3v) is 4.30. The highest BCUT2D eigenvalue weighted by Crippen LogP contribution is 2.21. The molecule has 2 aromatic rings. The molecule has 0 aliphatic rings. The van der Waals surface area contributed by atoms with Crippen molar-refractivity contribution in [3.63, 3.8) is 0 Å². The van der Waals surface area contributed by atoms with E-state index in [0.717, 1.165) is 6.07 Å². The Labute approximate surface area is 130 Å². The van der Waals surface area contributed by atoms with Gasteiger partial charge in [-0.15, -0.1) is 0 Å². The number of hydrogen-bond acceptors (Lipinski definition) is 3. The van der Waals surface area contributed by atoms with Crippen LogP contribution in [0.5, 0.6) is 5.75 Å². The van der Waals surface area contributed by atoms with Crippen molar-refractivity contribution in [1.82, 2.24) is 0 Å². The second kappa shape index (κ2) is 6.36. The van der Waals surface area contributed by atoms with Crippen LogP contribution in [0, 0.1) is 12.7 Å². The lowest BCUT2D eigenvalue weighted by Gasteiger charge is -2.12. The minimum Gasteiger partial charge on any atom is -0.491 e. The number of aryl methyl sites for hydroxylation is 1. The summed E-state index contributed by atoms with van der Waals surface area (Å²) >= 11 is 0. The van der Waals surface area contributed by atoms with Crippen LogP contribution in [0.25, 0.3) is 0 Å². The predicted molar refractivity (Wildman–Crippen MR) is 84.2 cm³/mol. The summed E-state index contributed by atoms with van der Waals surface area (Å²) in [5.41, 5.74) is 0.696. The molecule has 1 N–H and O–H groups in total. The first-order valence-corrected chi connectivity index (χ1v) is 8.32. The summed E-state index contributed by atoms with van der Waals surface area (Å²) in [7, 11) is -3.75. The SMILES string of the molecule is Cc1cc(S(=O)(=O)Nc2ccc(OC(C)C)cc2)ccc1F. The number of halogens is 1. The van der Waals surface area contributed by atoms with E-state index in [2.05, 4.69) is 4.72 Å². The maximum absolute atomic E-state index is 13.2. The second-order valence-electron chi connectivity index (χ2n) is 5.21. The zero-order valence-electron chi connectivity index (χ0n) is 12.6. The third-order valence-electron chi connectivity index (χ3n) is 2.92. The normalized spacial score (nSPS) is 11.5. The molecule has 0 aliphatic carbocycles. The lowest BCUT2D eigenvalue weighted by molar-refractivity contribution is 0.242. The number of nitrogens with one attached hydrogen (secondary N) is 1. The van der Waals surface area contributed by atoms with Gasteiger partial charge in [0.1, 0.15) is 11.6 Å². The highest BCUT2D eigenvalue weighted by molar-refractivity contribution is 7.92. The van der Waals surface area contributed by atoms with Crippen molar-refractivity contribution in [3.05, 3.63) is 53.8 Å². The van der Waals surface area contributed by atoms with E-state index in [0.29, 0.717) is 11.4 Å². The quantitative estimate of drug-likeness (QED) is 0.912. The molecule has 2 rings (SSSR count). The van der Waals surface area contributed by atoms with Crippen molar-refractivity contribution < 1.29 is 17.5 Å². The van der Waals surface area contributed by atoms with Crippen molar-refractivity contribution in [3.8, 4) is 5.75 Å². The molecule has 0 saturated heterocycles. The van der Waals surface area contributed by atoms with Crippen LogP contribution in [-0.2, 0) is 10.0 Å². The van der Waals surface area contributed by atoms with Crippen LogP contribution >= 0.6 is 0 Å². The molecule has 0 bridgehead atoms. The van der Waals surface area contributed by atoms with Gasteiger partial charge in [0, 0.05) is 5.69 Å². The summed E-state index contributed by atoms with van der Waals surface area (Å²) in [4.78, 5) is 0.0221. The molecule has 2 aromatic carbocycles. The fourth-order valence-corrected chi connectivity index (χ4v) is 3.02. The Morgan fingerprint density at radius 3 is 2.27 bits per heavy atom. The van der Waals surface area contributed by atoms with Crippen molar-refractivity contribution >= 4 is 15.7 Å². The van der Waals surface area contributed by atoms with Gasteiger partial charge in [0.25, 0.3) is 10.0 Å². The van der Waals surface area contributed by atoms with Crippen LogP contribution in [0.1, 0.15) is 19.4 Å². The number of ether oxygens (including phenoxy) is 1. The fraction of sp³-hybridized carbons (Fsp3) is 0.250. The number of hydrogen-bond donors (Lipinski definition) is 1. The minimum absolute atomic E-state index is 0.0221. The molecule has 0 unspecified atom stereocenters. The van der Waals surface area contributed by atoms with Gasteiger partial charge < -0.3 is 4.74 Å². The molecule has 6 heteroatoms. The van der Waals surface area contributed by atoms with E-state index >= 15 is 0 Å². The van der Waals surface area contributed by atoms with E-state index in [1.54, 1.807) is 24.3 Å². The first-order valence-electron chi connectivity index (χ1n) is 6.83. The summed E-state index contributed by atoms with van der Waals surface area (Å²) in [6, 6.07) is 10.3. The Hall–Kier alpha value is -2.08. The Balaban J connectivity index is 2.19. The molecule has 0 amide bonds. The lowest BCUT2D eigenvalue weighted by atomic mass is 10.2. The summed E-state index contributed by atoms with van der Waals surface area (Å²) in [5, 5.41) is 0. The van der Waals surface area contributed by atoms with Crippen molar-refractivity contribution in [2.24, 2.45) is 0 Å². The topological polar surface area (TPSA) is 55.4 Å². The number of anilines is 1. The van der Waals surface area contributed by atoms with Crippen molar-refractivity contribution in [1.29, 1.82) is 0 Å². The molecule has 0 saturated carbocycles. The van der Waals surface area contributed by atoms with Crippen LogP contribution in [0.4, 0.5) is 10.1 Å². The number of benzene rings is 2. The Morgan fingerprint density at radius 2 is 1.73 bits per heavy atom. The van der Waals surface area contributed by atoms with E-state index in [-0.39, 0.29) is 16.6 Å². The summed E-state index contributed by atoms with van der Waals surface area (Å²) in [5.74, 6) is 0.227. The largest absolute Gasteiger partial charge is 0.491 e. The maximum Gasteiger partial charge on any atom is 0.261 e. The van der Waals surface area contributed by atoms with Gasteiger partial charge in [-0.2, -0.15) is 0 Å². The van der Waals surface area contributed by atoms with Gasteiger partial charge >= 0.3 is 0 Å². The summed E-state index contributed by atoms with van der Waals surface area (Å²) in [6.45, 7) is 5.34. The standard InChI is InChI=1S/C16H18FNO3S/c1-11(2)21-14-6-4-13(5-7-14)18-22(19,20)15-8-9-16(17)12(3)10-15/h4-11,18H,1-3H3. The van der Waals surface area contributed by atoms with E-state index in [1.807, 2.05) is 13.8 Å². The Morgan fingerprint density at radius 1 is 1.09 bits per heavy atom. The van der Waals surface area contributed by atoms with Crippen molar-refractivity contribution in [2.45, 2.75) is 31.8 Å². The van der Waals surface area contributed by atoms with Gasteiger partial charge in [-0.1, -0.05) is 0 Å². The van der Waals surface area contributed by atoms with E-state index in [1.165, 1.54) is 19.1 Å². The van der Waals surface area contributed by atoms with E-state index < -0.39 is 15.8 Å². The summed E-state index contributed by atoms with van der Waals surface area (Å²) < 4.78 is 45.7. The molecule has 118 valence electrons. The van der Waals surface area contributed by atoms with Crippen LogP contribution < -0.4 is 9.46 Å². The zero-order valence-corrected chi connectivity index (χ0v) is 13.4. The van der Waals surface area contributed by atoms with Gasteiger partial charge in [0.05, 0.1) is 11.0 Å². The molecule has 0 atom stereocenters. The van der Waals surface area contributed by atoms with Crippen LogP contribution in [0.3, 0.4) is 0 Å². The highest BCUT2D eigenvalue weighted by Gasteiger charge is 2.15. The second-order valence-corrected chi connectivity index (χ2v) is 6.89. The molecule has 4 nitrogen and oxygen atoms in total. The first kappa shape index (κ1) is 16.3. The first-order chi connectivity index (χ1) is 10.3. The van der Waals surface area contributed by atoms with Crippen molar-refractivity contribution in [2.75, 3.05) is 4.72 Å². The van der Waals surface area contributed by atoms with Gasteiger partial charge in [0.15, 0.2) is 0 Å². The van der Waals surface area contributed by atoms with Gasteiger partial charge in [-0.05, 0) is 68.8 Å². The third kappa shape index (κ3) is 3.98. The molecular weight excluding hydrogens is 305 g/mol. The van der Waals surface area contributed by atoms with Crippen LogP contribution in [0.2, 0.25) is 0 Å². The van der Waals surface area contributed by atoms with Crippen LogP contribution in [0.15, 0.2) is 47.4 Å². The molecule has 0 radical (unpaired) electrons. The van der Waals surface area contributed by atoms with Gasteiger partial charge in [-0.25, -0.2) is 12.8 Å². The number of sulfonamides is 1. The molecule has 0 heterocycles. The summed E-state index contributed by atoms with van der Waals surface area (Å²) in [6.07, 6.45) is 0.0460. The molecular formula is C16H18FNO3S.